The second-order valence-electron chi connectivity index (χ2n) is 8.38. The molecule has 0 aromatic heterocycles. The molecule has 2 rings (SSSR count). The van der Waals surface area contributed by atoms with E-state index in [1.54, 1.807) is 6.92 Å². The van der Waals surface area contributed by atoms with Crippen LogP contribution < -0.4 is 4.74 Å². The number of carbonyl (C=O) groups excluding carboxylic acids is 5. The number of hydrogen-bond acceptors (Lipinski definition) is 14. The van der Waals surface area contributed by atoms with Crippen molar-refractivity contribution in [2.45, 2.75) is 65.0 Å². The Hall–Kier alpha value is -4.18. The molecule has 0 aliphatic carbocycles. The third kappa shape index (κ3) is 8.91. The van der Waals surface area contributed by atoms with Gasteiger partial charge in [-0.2, -0.15) is 0 Å². The summed E-state index contributed by atoms with van der Waals surface area (Å²) in [6, 6.07) is 3.44. The number of halogens is 1. The number of alkyl halides is 1. The third-order valence-electron chi connectivity index (χ3n) is 5.44. The largest absolute Gasteiger partial charge is 0.467 e. The molecule has 0 radical (unpaired) electrons. The van der Waals surface area contributed by atoms with Crippen LogP contribution in [0.4, 0.5) is 10.5 Å². The lowest BCUT2D eigenvalue weighted by molar-refractivity contribution is -0.387. The molecule has 1 aromatic carbocycles. The van der Waals surface area contributed by atoms with Gasteiger partial charge in [-0.05, 0) is 18.6 Å². The van der Waals surface area contributed by atoms with Crippen molar-refractivity contribution in [2.75, 3.05) is 19.7 Å². The van der Waals surface area contributed by atoms with Gasteiger partial charge in [0.1, 0.15) is 6.61 Å². The van der Waals surface area contributed by atoms with Crippen LogP contribution in [0.3, 0.4) is 0 Å². The maximum absolute atomic E-state index is 12.6. The molecule has 5 unspecified atom stereocenters. The van der Waals surface area contributed by atoms with Crippen molar-refractivity contribution in [1.29, 1.82) is 0 Å². The Morgan fingerprint density at radius 1 is 1.00 bits per heavy atom. The van der Waals surface area contributed by atoms with Gasteiger partial charge >= 0.3 is 35.7 Å². The van der Waals surface area contributed by atoms with Gasteiger partial charge in [0, 0.05) is 33.4 Å². The van der Waals surface area contributed by atoms with Gasteiger partial charge in [-0.3, -0.25) is 29.4 Å². The average molecular weight is 605 g/mol. The fraction of sp³-hybridized carbons (Fsp3) is 0.542. The van der Waals surface area contributed by atoms with E-state index in [4.69, 9.17) is 44.8 Å². The van der Waals surface area contributed by atoms with Crippen molar-refractivity contribution in [1.82, 2.24) is 4.90 Å². The van der Waals surface area contributed by atoms with E-state index >= 15 is 0 Å². The molecule has 41 heavy (non-hydrogen) atoms. The lowest BCUT2D eigenvalue weighted by Gasteiger charge is -2.42. The van der Waals surface area contributed by atoms with Crippen molar-refractivity contribution in [3.05, 3.63) is 33.9 Å². The summed E-state index contributed by atoms with van der Waals surface area (Å²) in [4.78, 5) is 72.5. The summed E-state index contributed by atoms with van der Waals surface area (Å²) in [6.07, 6.45) is -9.26. The molecule has 1 aromatic rings. The molecule has 1 amide bonds. The molecule has 1 saturated heterocycles. The minimum absolute atomic E-state index is 0.119. The Balaban J connectivity index is 2.48. The van der Waals surface area contributed by atoms with Crippen molar-refractivity contribution < 1.29 is 62.1 Å². The number of nitro groups is 1. The van der Waals surface area contributed by atoms with E-state index in [1.165, 1.54) is 11.0 Å². The number of nitrogens with zero attached hydrogens (tertiary/aromatic N) is 2. The third-order valence-corrected chi connectivity index (χ3v) is 5.73. The topological polar surface area (TPSA) is 196 Å². The van der Waals surface area contributed by atoms with Crippen molar-refractivity contribution in [2.24, 2.45) is 0 Å². The maximum Gasteiger partial charge on any atom is 0.411 e. The van der Waals surface area contributed by atoms with Gasteiger partial charge in [0.25, 0.3) is 0 Å². The Kier molecular flexibility index (Phi) is 12.1. The first-order valence-corrected chi connectivity index (χ1v) is 12.5. The van der Waals surface area contributed by atoms with Crippen molar-refractivity contribution in [3.8, 4) is 5.75 Å². The number of nitro benzene ring substituents is 1. The lowest BCUT2D eigenvalue weighted by Crippen LogP contribution is -2.64. The minimum Gasteiger partial charge on any atom is -0.467 e. The molecular weight excluding hydrogens is 576 g/mol. The van der Waals surface area contributed by atoms with Crippen LogP contribution in [-0.2, 0) is 54.2 Å². The van der Waals surface area contributed by atoms with Gasteiger partial charge in [-0.25, -0.2) is 9.59 Å². The van der Waals surface area contributed by atoms with Gasteiger partial charge < -0.3 is 33.2 Å². The predicted octanol–water partition coefficient (Wildman–Crippen LogP) is 1.82. The highest BCUT2D eigenvalue weighted by Gasteiger charge is 2.56. The molecule has 0 spiro atoms. The van der Waals surface area contributed by atoms with Crippen molar-refractivity contribution in [3.63, 3.8) is 0 Å². The van der Waals surface area contributed by atoms with Crippen molar-refractivity contribution >= 4 is 47.3 Å². The number of hydrogen-bond donors (Lipinski definition) is 0. The molecule has 5 atom stereocenters. The Labute approximate surface area is 238 Å². The van der Waals surface area contributed by atoms with Crippen LogP contribution in [0.1, 0.15) is 33.3 Å². The zero-order valence-corrected chi connectivity index (χ0v) is 23.5. The molecule has 16 nitrogen and oxygen atoms in total. The fourth-order valence-electron chi connectivity index (χ4n) is 3.69. The van der Waals surface area contributed by atoms with E-state index in [2.05, 4.69) is 0 Å². The second-order valence-corrected chi connectivity index (χ2v) is 8.62. The SMILES string of the molecule is CCN(CCl)C(=O)OCc1ccc(OC2OC(C(=O)OC)C(OC(C)=O)C(OC(C)=O)C2OC(C)=O)c([N+](=O)[O-])c1. The van der Waals surface area contributed by atoms with Gasteiger partial charge in [0.05, 0.1) is 18.0 Å². The first-order chi connectivity index (χ1) is 19.3. The fourth-order valence-corrected chi connectivity index (χ4v) is 3.96. The number of methoxy groups -OCH3 is 1. The van der Waals surface area contributed by atoms with Crippen LogP contribution in [0.5, 0.6) is 5.75 Å². The van der Waals surface area contributed by atoms with E-state index in [0.29, 0.717) is 0 Å². The van der Waals surface area contributed by atoms with Crippen LogP contribution >= 0.6 is 11.6 Å². The number of esters is 4. The number of rotatable bonds is 11. The van der Waals surface area contributed by atoms with Crippen LogP contribution in [0.2, 0.25) is 0 Å². The summed E-state index contributed by atoms with van der Waals surface area (Å²) in [5.74, 6) is -4.21. The van der Waals surface area contributed by atoms with Crippen LogP contribution in [0.15, 0.2) is 18.2 Å². The van der Waals surface area contributed by atoms with Gasteiger partial charge in [-0.15, -0.1) is 11.6 Å². The normalized spacial score (nSPS) is 21.6. The summed E-state index contributed by atoms with van der Waals surface area (Å²) >= 11 is 5.67. The molecule has 1 aliphatic heterocycles. The first kappa shape index (κ1) is 33.0. The van der Waals surface area contributed by atoms with Crippen LogP contribution in [0, 0.1) is 10.1 Å². The smallest absolute Gasteiger partial charge is 0.411 e. The molecule has 17 heteroatoms. The maximum atomic E-state index is 12.6. The highest BCUT2D eigenvalue weighted by molar-refractivity contribution is 6.18. The molecule has 0 N–H and O–H groups in total. The second kappa shape index (κ2) is 15.0. The average Bonchev–Trinajstić information content (AvgIpc) is 2.90. The number of ether oxygens (including phenoxy) is 7. The molecule has 1 heterocycles. The molecule has 226 valence electrons. The van der Waals surface area contributed by atoms with E-state index < -0.39 is 77.0 Å². The van der Waals surface area contributed by atoms with Gasteiger partial charge in [0.2, 0.25) is 12.4 Å². The lowest BCUT2D eigenvalue weighted by atomic mass is 9.97. The Morgan fingerprint density at radius 3 is 2.10 bits per heavy atom. The molecule has 1 aliphatic rings. The molecule has 1 fully saturated rings. The molecule has 0 saturated carbocycles. The number of carbonyl (C=O) groups is 5. The summed E-state index contributed by atoms with van der Waals surface area (Å²) in [6.45, 7) is 4.66. The van der Waals surface area contributed by atoms with Crippen LogP contribution in [-0.4, -0.2) is 90.2 Å². The summed E-state index contributed by atoms with van der Waals surface area (Å²) < 4.78 is 36.8. The molecular formula is C24H29ClN2O14. The summed E-state index contributed by atoms with van der Waals surface area (Å²) in [5, 5.41) is 11.9. The van der Waals surface area contributed by atoms with Crippen LogP contribution in [0.25, 0.3) is 0 Å². The predicted molar refractivity (Wildman–Crippen MR) is 134 cm³/mol. The zero-order chi connectivity index (χ0) is 30.9. The van der Waals surface area contributed by atoms with E-state index in [9.17, 15) is 34.1 Å². The van der Waals surface area contributed by atoms with E-state index in [-0.39, 0.29) is 24.7 Å². The summed E-state index contributed by atoms with van der Waals surface area (Å²) in [7, 11) is 1.01. The van der Waals surface area contributed by atoms with Gasteiger partial charge in [-0.1, -0.05) is 6.07 Å². The number of benzene rings is 1. The Bertz CT molecular complexity index is 1160. The monoisotopic (exact) mass is 604 g/mol. The Morgan fingerprint density at radius 2 is 1.59 bits per heavy atom. The van der Waals surface area contributed by atoms with E-state index in [1.807, 2.05) is 0 Å². The zero-order valence-electron chi connectivity index (χ0n) is 22.7. The highest BCUT2D eigenvalue weighted by atomic mass is 35.5. The standard InChI is InChI=1S/C24H29ClN2O14/c1-6-26(11-25)24(32)36-10-15-7-8-17(16(9-15)27(33)34)40-23-21(39-14(4)30)19(38-13(3)29)18(37-12(2)28)20(41-23)22(31)35-5/h7-9,18-21,23H,6,10-11H2,1-5H3. The van der Waals surface area contributed by atoms with Gasteiger partial charge in [0.15, 0.2) is 24.1 Å². The minimum atomic E-state index is -1.80. The quantitative estimate of drug-likeness (QED) is 0.0885. The number of amides is 1. The molecule has 0 bridgehead atoms. The summed E-state index contributed by atoms with van der Waals surface area (Å²) in [5.41, 5.74) is -0.404. The first-order valence-electron chi connectivity index (χ1n) is 12.0. The van der Waals surface area contributed by atoms with E-state index in [0.717, 1.165) is 40.0 Å². The highest BCUT2D eigenvalue weighted by Crippen LogP contribution is 2.35.